The first-order valence-corrected chi connectivity index (χ1v) is 9.64. The number of rotatable bonds is 4. The van der Waals surface area contributed by atoms with Gasteiger partial charge in [-0.05, 0) is 35.7 Å². The summed E-state index contributed by atoms with van der Waals surface area (Å²) in [7, 11) is 0. The van der Waals surface area contributed by atoms with Crippen LogP contribution in [0.4, 0.5) is 5.69 Å². The Kier molecular flexibility index (Phi) is 5.14. The van der Waals surface area contributed by atoms with Crippen molar-refractivity contribution in [1.29, 1.82) is 0 Å². The van der Waals surface area contributed by atoms with Crippen LogP contribution < -0.4 is 4.90 Å². The number of halogens is 1. The van der Waals surface area contributed by atoms with Gasteiger partial charge in [0.1, 0.15) is 0 Å². The number of anilines is 1. The topological polar surface area (TPSA) is 26.8 Å². The number of hydrogen-bond acceptors (Lipinski definition) is 3. The quantitative estimate of drug-likeness (QED) is 0.828. The lowest BCUT2D eigenvalue weighted by atomic mass is 10.2. The minimum absolute atomic E-state index is 0.243. The van der Waals surface area contributed by atoms with Gasteiger partial charge in [-0.15, -0.1) is 0 Å². The van der Waals surface area contributed by atoms with Crippen LogP contribution in [-0.2, 0) is 17.8 Å². The molecule has 0 unspecified atom stereocenters. The van der Waals surface area contributed by atoms with E-state index in [-0.39, 0.29) is 5.91 Å². The molecule has 136 valence electrons. The summed E-state index contributed by atoms with van der Waals surface area (Å²) in [6.45, 7) is 5.81. The number of fused-ring (bicyclic) bond motifs is 1. The predicted octanol–water partition coefficient (Wildman–Crippen LogP) is 3.05. The van der Waals surface area contributed by atoms with Gasteiger partial charge < -0.3 is 9.80 Å². The van der Waals surface area contributed by atoms with Gasteiger partial charge in [0, 0.05) is 50.0 Å². The lowest BCUT2D eigenvalue weighted by Crippen LogP contribution is -2.50. The van der Waals surface area contributed by atoms with Crippen molar-refractivity contribution in [3.8, 4) is 0 Å². The normalized spacial score (nSPS) is 17.4. The molecule has 4 nitrogen and oxygen atoms in total. The second-order valence-corrected chi connectivity index (χ2v) is 7.52. The van der Waals surface area contributed by atoms with Gasteiger partial charge in [-0.3, -0.25) is 9.69 Å². The molecule has 2 aliphatic heterocycles. The fraction of sp³-hybridized carbons (Fsp3) is 0.381. The molecule has 0 spiro atoms. The predicted molar refractivity (Wildman–Crippen MR) is 106 cm³/mol. The Bertz CT molecular complexity index is 769. The first-order valence-electron chi connectivity index (χ1n) is 9.26. The standard InChI is InChI=1S/C21H24ClN3O/c22-19-7-5-17(6-8-19)15-23-11-13-24(14-12-23)21(26)16-25-10-9-18-3-1-2-4-20(18)25/h1-8H,9-16H2. The number of amides is 1. The van der Waals surface area contributed by atoms with Crippen molar-refractivity contribution >= 4 is 23.2 Å². The van der Waals surface area contributed by atoms with E-state index >= 15 is 0 Å². The molecule has 1 amide bonds. The molecule has 0 atom stereocenters. The Hall–Kier alpha value is -2.04. The zero-order chi connectivity index (χ0) is 17.9. The van der Waals surface area contributed by atoms with E-state index in [0.717, 1.165) is 50.7 Å². The fourth-order valence-electron chi connectivity index (χ4n) is 3.84. The van der Waals surface area contributed by atoms with E-state index in [0.29, 0.717) is 6.54 Å². The Morgan fingerprint density at radius 2 is 1.65 bits per heavy atom. The van der Waals surface area contributed by atoms with Crippen LogP contribution in [0.2, 0.25) is 5.02 Å². The van der Waals surface area contributed by atoms with Gasteiger partial charge in [-0.25, -0.2) is 0 Å². The molecule has 2 aliphatic rings. The minimum atomic E-state index is 0.243. The van der Waals surface area contributed by atoms with E-state index in [2.05, 4.69) is 46.2 Å². The molecule has 4 rings (SSSR count). The zero-order valence-corrected chi connectivity index (χ0v) is 15.7. The molecule has 0 radical (unpaired) electrons. The Labute approximate surface area is 160 Å². The fourth-order valence-corrected chi connectivity index (χ4v) is 3.96. The monoisotopic (exact) mass is 369 g/mol. The molecule has 0 N–H and O–H groups in total. The molecule has 5 heteroatoms. The van der Waals surface area contributed by atoms with Crippen molar-refractivity contribution in [2.45, 2.75) is 13.0 Å². The van der Waals surface area contributed by atoms with Gasteiger partial charge in [0.2, 0.25) is 5.91 Å². The maximum atomic E-state index is 12.7. The first kappa shape index (κ1) is 17.4. The van der Waals surface area contributed by atoms with Crippen molar-refractivity contribution in [2.24, 2.45) is 0 Å². The van der Waals surface area contributed by atoms with E-state index in [4.69, 9.17) is 11.6 Å². The molecule has 26 heavy (non-hydrogen) atoms. The average molecular weight is 370 g/mol. The summed E-state index contributed by atoms with van der Waals surface area (Å²) in [6, 6.07) is 16.4. The van der Waals surface area contributed by atoms with E-state index in [9.17, 15) is 4.79 Å². The number of hydrogen-bond donors (Lipinski definition) is 0. The van der Waals surface area contributed by atoms with Crippen LogP contribution in [0.3, 0.4) is 0 Å². The van der Waals surface area contributed by atoms with E-state index < -0.39 is 0 Å². The van der Waals surface area contributed by atoms with Gasteiger partial charge in [-0.2, -0.15) is 0 Å². The highest BCUT2D eigenvalue weighted by atomic mass is 35.5. The van der Waals surface area contributed by atoms with Crippen molar-refractivity contribution < 1.29 is 4.79 Å². The summed E-state index contributed by atoms with van der Waals surface area (Å²) in [5.74, 6) is 0.243. The van der Waals surface area contributed by atoms with Gasteiger partial charge in [0.15, 0.2) is 0 Å². The van der Waals surface area contributed by atoms with Gasteiger partial charge >= 0.3 is 0 Å². The van der Waals surface area contributed by atoms with Crippen LogP contribution in [0.25, 0.3) is 0 Å². The molecule has 1 saturated heterocycles. The van der Waals surface area contributed by atoms with Crippen molar-refractivity contribution in [3.05, 3.63) is 64.7 Å². The maximum absolute atomic E-state index is 12.7. The largest absolute Gasteiger partial charge is 0.362 e. The molecule has 2 heterocycles. The molecule has 1 fully saturated rings. The molecule has 0 saturated carbocycles. The number of nitrogens with zero attached hydrogens (tertiary/aromatic N) is 3. The average Bonchev–Trinajstić information content (AvgIpc) is 3.07. The summed E-state index contributed by atoms with van der Waals surface area (Å²) in [5, 5.41) is 0.771. The highest BCUT2D eigenvalue weighted by molar-refractivity contribution is 6.30. The molecule has 2 aromatic carbocycles. The number of para-hydroxylation sites is 1. The van der Waals surface area contributed by atoms with Crippen LogP contribution in [0.5, 0.6) is 0 Å². The first-order chi connectivity index (χ1) is 12.7. The summed E-state index contributed by atoms with van der Waals surface area (Å²) >= 11 is 5.95. The van der Waals surface area contributed by atoms with Crippen molar-refractivity contribution in [2.75, 3.05) is 44.2 Å². The number of benzene rings is 2. The SMILES string of the molecule is O=C(CN1CCc2ccccc21)N1CCN(Cc2ccc(Cl)cc2)CC1. The highest BCUT2D eigenvalue weighted by Crippen LogP contribution is 2.27. The summed E-state index contributed by atoms with van der Waals surface area (Å²) in [5.41, 5.74) is 3.85. The Balaban J connectivity index is 1.28. The second kappa shape index (κ2) is 7.68. The molecular weight excluding hydrogens is 346 g/mol. The zero-order valence-electron chi connectivity index (χ0n) is 14.9. The van der Waals surface area contributed by atoms with E-state index in [1.807, 2.05) is 17.0 Å². The van der Waals surface area contributed by atoms with Gasteiger partial charge in [-0.1, -0.05) is 41.9 Å². The van der Waals surface area contributed by atoms with Crippen LogP contribution in [0.15, 0.2) is 48.5 Å². The molecule has 0 aliphatic carbocycles. The smallest absolute Gasteiger partial charge is 0.242 e. The third-order valence-corrected chi connectivity index (χ3v) is 5.61. The van der Waals surface area contributed by atoms with Crippen LogP contribution in [-0.4, -0.2) is 55.0 Å². The second-order valence-electron chi connectivity index (χ2n) is 7.08. The minimum Gasteiger partial charge on any atom is -0.362 e. The van der Waals surface area contributed by atoms with Gasteiger partial charge in [0.05, 0.1) is 6.54 Å². The third kappa shape index (κ3) is 3.87. The van der Waals surface area contributed by atoms with Crippen molar-refractivity contribution in [3.63, 3.8) is 0 Å². The number of piperazine rings is 1. The number of carbonyl (C=O) groups is 1. The van der Waals surface area contributed by atoms with Crippen LogP contribution in [0, 0.1) is 0 Å². The number of carbonyl (C=O) groups excluding carboxylic acids is 1. The molecular formula is C21H24ClN3O. The summed E-state index contributed by atoms with van der Waals surface area (Å²) in [6.07, 6.45) is 1.04. The van der Waals surface area contributed by atoms with Crippen molar-refractivity contribution in [1.82, 2.24) is 9.80 Å². The summed E-state index contributed by atoms with van der Waals surface area (Å²) < 4.78 is 0. The molecule has 0 aromatic heterocycles. The van der Waals surface area contributed by atoms with E-state index in [1.165, 1.54) is 16.8 Å². The maximum Gasteiger partial charge on any atom is 0.242 e. The Morgan fingerprint density at radius 3 is 2.42 bits per heavy atom. The lowest BCUT2D eigenvalue weighted by molar-refractivity contribution is -0.131. The van der Waals surface area contributed by atoms with Gasteiger partial charge in [0.25, 0.3) is 0 Å². The summed E-state index contributed by atoms with van der Waals surface area (Å²) in [4.78, 5) is 19.4. The third-order valence-electron chi connectivity index (χ3n) is 5.35. The lowest BCUT2D eigenvalue weighted by Gasteiger charge is -2.35. The Morgan fingerprint density at radius 1 is 0.923 bits per heavy atom. The van der Waals surface area contributed by atoms with Crippen LogP contribution >= 0.6 is 11.6 Å². The van der Waals surface area contributed by atoms with E-state index in [1.54, 1.807) is 0 Å². The van der Waals surface area contributed by atoms with Crippen LogP contribution in [0.1, 0.15) is 11.1 Å². The molecule has 2 aromatic rings. The molecule has 0 bridgehead atoms. The highest BCUT2D eigenvalue weighted by Gasteiger charge is 2.25.